The number of hydrogen-bond donors (Lipinski definition) is 1. The van der Waals surface area contributed by atoms with E-state index >= 15 is 0 Å². The molecule has 0 atom stereocenters. The van der Waals surface area contributed by atoms with Crippen LogP contribution >= 0.6 is 0 Å². The third-order valence-electron chi connectivity index (χ3n) is 3.94. The molecule has 0 aromatic heterocycles. The Morgan fingerprint density at radius 3 is 0.815 bits per heavy atom. The summed E-state index contributed by atoms with van der Waals surface area (Å²) >= 11 is 0. The van der Waals surface area contributed by atoms with E-state index in [-0.39, 0.29) is 0 Å². The lowest BCUT2D eigenvalue weighted by Crippen LogP contribution is -2.68. The second-order valence-electron chi connectivity index (χ2n) is 6.42. The number of quaternary nitrogens is 1. The number of nitrogens with zero attached hydrogens (tertiary/aromatic N) is 1. The van der Waals surface area contributed by atoms with E-state index in [9.17, 15) is 0 Å². The van der Waals surface area contributed by atoms with Crippen molar-refractivity contribution >= 4 is 0 Å². The fourth-order valence-corrected chi connectivity index (χ4v) is 2.64. The van der Waals surface area contributed by atoms with Gasteiger partial charge in [-0.05, 0) is 25.7 Å². The van der Waals surface area contributed by atoms with Gasteiger partial charge in [-0.1, -0.05) is 53.4 Å². The number of halogens is 2. The summed E-state index contributed by atoms with van der Waals surface area (Å²) in [7, 11) is -9.64. The molecule has 0 unspecified atom stereocenters. The van der Waals surface area contributed by atoms with Crippen LogP contribution in [0.2, 0.25) is 0 Å². The standard InChI is InChI=1S/C16H36N.2ClHO4/c1-5-9-13-17(14-10-6-2,15-11-7-3)16-12-8-4;2*2-1(3,4)5/h5-16H2,1-4H3;2*(H,2,3,4,5)/q+1;;/p-1. The minimum atomic E-state index is -4.94. The van der Waals surface area contributed by atoms with E-state index in [0.717, 1.165) is 0 Å². The highest BCUT2D eigenvalue weighted by atomic mass is 35.7. The Hall–Kier alpha value is 0.220. The summed E-state index contributed by atoms with van der Waals surface area (Å²) in [5.41, 5.74) is 0. The molecule has 0 radical (unpaired) electrons. The van der Waals surface area contributed by atoms with E-state index in [4.69, 9.17) is 37.3 Å². The lowest BCUT2D eigenvalue weighted by atomic mass is 10.1. The van der Waals surface area contributed by atoms with Crippen LogP contribution in [0.1, 0.15) is 79.1 Å². The Labute approximate surface area is 167 Å². The molecule has 9 nitrogen and oxygen atoms in total. The smallest absolute Gasteiger partial charge is 0.0786 e. The average molecular weight is 442 g/mol. The van der Waals surface area contributed by atoms with Crippen molar-refractivity contribution in [3.8, 4) is 0 Å². The highest BCUT2D eigenvalue weighted by Gasteiger charge is 2.24. The maximum absolute atomic E-state index is 8.60. The number of rotatable bonds is 12. The third kappa shape index (κ3) is 37.6. The van der Waals surface area contributed by atoms with Gasteiger partial charge in [0.25, 0.3) is 0 Å². The van der Waals surface area contributed by atoms with Gasteiger partial charge in [0, 0.05) is 0 Å². The van der Waals surface area contributed by atoms with Gasteiger partial charge in [-0.3, -0.25) is 0 Å². The predicted molar refractivity (Wildman–Crippen MR) is 81.6 cm³/mol. The van der Waals surface area contributed by atoms with Gasteiger partial charge in [0.15, 0.2) is 0 Å². The van der Waals surface area contributed by atoms with Crippen LogP contribution in [0.5, 0.6) is 0 Å². The maximum Gasteiger partial charge on any atom is 0.0786 e. The van der Waals surface area contributed by atoms with E-state index in [1.54, 1.807) is 0 Å². The van der Waals surface area contributed by atoms with Crippen molar-refractivity contribution in [1.82, 2.24) is 0 Å². The summed E-state index contributed by atoms with van der Waals surface area (Å²) in [5, 5.41) is 0. The van der Waals surface area contributed by atoms with Crippen molar-refractivity contribution in [3.05, 3.63) is 0 Å². The Balaban J connectivity index is -0.000000471. The molecule has 0 spiro atoms. The maximum atomic E-state index is 8.60. The third-order valence-corrected chi connectivity index (χ3v) is 3.94. The highest BCUT2D eigenvalue weighted by Crippen LogP contribution is 2.16. The fourth-order valence-electron chi connectivity index (χ4n) is 2.64. The summed E-state index contributed by atoms with van der Waals surface area (Å²) in [6.07, 6.45) is 11.1. The predicted octanol–water partition coefficient (Wildman–Crippen LogP) is -3.88. The highest BCUT2D eigenvalue weighted by molar-refractivity contribution is 4.49. The lowest BCUT2D eigenvalue weighted by Gasteiger charge is -2.39. The quantitative estimate of drug-likeness (QED) is 0.298. The summed E-state index contributed by atoms with van der Waals surface area (Å²) in [6.45, 7) is 15.0. The molecule has 0 aromatic carbocycles. The minimum absolute atomic E-state index is 1.35. The van der Waals surface area contributed by atoms with Crippen LogP contribution < -0.4 is 32.6 Å². The Bertz CT molecular complexity index is 250. The first-order valence-electron chi connectivity index (χ1n) is 9.34. The van der Waals surface area contributed by atoms with Crippen molar-refractivity contribution in [1.29, 1.82) is 0 Å². The van der Waals surface area contributed by atoms with Gasteiger partial charge in [-0.15, -0.1) is 10.2 Å². The number of unbranched alkanes of at least 4 members (excludes halogenated alkanes) is 4. The van der Waals surface area contributed by atoms with Gasteiger partial charge < -0.3 is 4.48 Å². The molecule has 1 N–H and O–H groups in total. The van der Waals surface area contributed by atoms with Gasteiger partial charge in [0.05, 0.1) is 41.1 Å². The molecular weight excluding hydrogens is 405 g/mol. The number of hydrogen-bond acceptors (Lipinski definition) is 8. The summed E-state index contributed by atoms with van der Waals surface area (Å²) < 4.78 is 68.1. The molecule has 0 amide bonds. The molecule has 168 valence electrons. The molecule has 0 rings (SSSR count). The second kappa shape index (κ2) is 18.3. The van der Waals surface area contributed by atoms with Gasteiger partial charge in [0.2, 0.25) is 0 Å². The molecule has 0 aromatic rings. The topological polar surface area (TPSA) is 182 Å². The Kier molecular flexibility index (Phi) is 21.6. The van der Waals surface area contributed by atoms with Crippen LogP contribution in [0.4, 0.5) is 0 Å². The zero-order valence-corrected chi connectivity index (χ0v) is 18.5. The van der Waals surface area contributed by atoms with Crippen molar-refractivity contribution in [2.45, 2.75) is 79.1 Å². The SMILES string of the molecule is CCCC[N+](CCCC)(CCCC)CCCC.[O-][Cl+3]([O-])([O-])O.[O-][Cl+3]([O-])([O-])[O-]. The summed E-state index contributed by atoms with van der Waals surface area (Å²) in [5.74, 6) is 0. The van der Waals surface area contributed by atoms with Crippen LogP contribution in [-0.2, 0) is 0 Å². The lowest BCUT2D eigenvalue weighted by molar-refractivity contribution is -2.00. The van der Waals surface area contributed by atoms with Crippen molar-refractivity contribution in [2.24, 2.45) is 0 Å². The van der Waals surface area contributed by atoms with Crippen molar-refractivity contribution in [3.63, 3.8) is 0 Å². The molecule has 11 heteroatoms. The van der Waals surface area contributed by atoms with Crippen LogP contribution in [0.25, 0.3) is 0 Å². The normalized spacial score (nSPS) is 12.0. The molecule has 0 aliphatic heterocycles. The molecule has 0 saturated carbocycles. The first-order valence-corrected chi connectivity index (χ1v) is 11.8. The molecule has 0 bridgehead atoms. The van der Waals surface area contributed by atoms with E-state index in [2.05, 4.69) is 27.7 Å². The summed E-state index contributed by atoms with van der Waals surface area (Å²) in [6, 6.07) is 0. The molecule has 0 saturated heterocycles. The Morgan fingerprint density at radius 2 is 0.704 bits per heavy atom. The molecule has 0 aliphatic rings. The first kappa shape index (κ1) is 31.9. The van der Waals surface area contributed by atoms with E-state index in [1.807, 2.05) is 0 Å². The van der Waals surface area contributed by atoms with E-state index < -0.39 is 20.5 Å². The molecule has 0 aliphatic carbocycles. The first-order chi connectivity index (χ1) is 12.2. The second-order valence-corrected chi connectivity index (χ2v) is 7.97. The largest absolute Gasteiger partial charge is 0.324 e. The van der Waals surface area contributed by atoms with Crippen LogP contribution in [-0.4, -0.2) is 35.3 Å². The zero-order valence-electron chi connectivity index (χ0n) is 17.0. The molecule has 0 fully saturated rings. The molecule has 27 heavy (non-hydrogen) atoms. The van der Waals surface area contributed by atoms with Gasteiger partial charge in [0.1, 0.15) is 0 Å². The van der Waals surface area contributed by atoms with Crippen LogP contribution in [0, 0.1) is 20.5 Å². The van der Waals surface area contributed by atoms with E-state index in [0.29, 0.717) is 0 Å². The molecule has 0 heterocycles. The monoisotopic (exact) mass is 441 g/mol. The summed E-state index contributed by atoms with van der Waals surface area (Å²) in [4.78, 5) is 0. The van der Waals surface area contributed by atoms with Crippen molar-refractivity contribution in [2.75, 3.05) is 26.2 Å². The zero-order chi connectivity index (χ0) is 22.0. The Morgan fingerprint density at radius 1 is 0.556 bits per heavy atom. The van der Waals surface area contributed by atoms with Gasteiger partial charge in [-0.25, -0.2) is 18.6 Å². The van der Waals surface area contributed by atoms with Crippen LogP contribution in [0.3, 0.4) is 0 Å². The van der Waals surface area contributed by atoms with Gasteiger partial charge >= 0.3 is 0 Å². The fraction of sp³-hybridized carbons (Fsp3) is 1.00. The van der Waals surface area contributed by atoms with Crippen LogP contribution in [0.15, 0.2) is 0 Å². The molecular formula is C16H37Cl2NO8. The average Bonchev–Trinajstić information content (AvgIpc) is 2.50. The van der Waals surface area contributed by atoms with Gasteiger partial charge in [-0.2, -0.15) is 14.0 Å². The van der Waals surface area contributed by atoms with E-state index in [1.165, 1.54) is 82.0 Å². The van der Waals surface area contributed by atoms with Crippen molar-refractivity contribution < 1.29 is 62.2 Å². The minimum Gasteiger partial charge on any atom is -0.324 e.